The van der Waals surface area contributed by atoms with Gasteiger partial charge in [-0.3, -0.25) is 0 Å². The maximum atomic E-state index is 2.55. The number of rotatable bonds is 6. The molecular formula is C35H39N2+. The van der Waals surface area contributed by atoms with E-state index in [1.54, 1.807) is 0 Å². The Hall–Kier alpha value is -3.65. The molecule has 5 rings (SSSR count). The lowest BCUT2D eigenvalue weighted by Gasteiger charge is -2.21. The van der Waals surface area contributed by atoms with Gasteiger partial charge in [0.25, 0.3) is 5.82 Å². The zero-order valence-corrected chi connectivity index (χ0v) is 23.3. The monoisotopic (exact) mass is 487 g/mol. The van der Waals surface area contributed by atoms with Crippen LogP contribution in [0.4, 0.5) is 0 Å². The van der Waals surface area contributed by atoms with Gasteiger partial charge in [0.15, 0.2) is 11.0 Å². The molecule has 0 spiro atoms. The number of nitrogens with zero attached hydrogens (tertiary/aromatic N) is 2. The van der Waals surface area contributed by atoms with Crippen molar-refractivity contribution < 1.29 is 4.57 Å². The summed E-state index contributed by atoms with van der Waals surface area (Å²) >= 11 is 0. The molecule has 0 aliphatic rings. The number of hydrogen-bond acceptors (Lipinski definition) is 0. The van der Waals surface area contributed by atoms with E-state index in [0.29, 0.717) is 17.8 Å². The molecule has 4 aromatic carbocycles. The second kappa shape index (κ2) is 10.0. The van der Waals surface area contributed by atoms with Crippen LogP contribution >= 0.6 is 0 Å². The van der Waals surface area contributed by atoms with Gasteiger partial charge in [0.2, 0.25) is 0 Å². The quantitative estimate of drug-likeness (QED) is 0.211. The summed E-state index contributed by atoms with van der Waals surface area (Å²) in [5, 5.41) is 0. The van der Waals surface area contributed by atoms with Gasteiger partial charge in [-0.15, -0.1) is 0 Å². The predicted octanol–water partition coefficient (Wildman–Crippen LogP) is 9.16. The summed E-state index contributed by atoms with van der Waals surface area (Å²) in [5.74, 6) is 2.51. The van der Waals surface area contributed by atoms with Crippen molar-refractivity contribution in [2.24, 2.45) is 7.05 Å². The van der Waals surface area contributed by atoms with E-state index < -0.39 is 0 Å². The summed E-state index contributed by atoms with van der Waals surface area (Å²) in [6.07, 6.45) is 0. The van der Waals surface area contributed by atoms with Gasteiger partial charge >= 0.3 is 0 Å². The summed E-state index contributed by atoms with van der Waals surface area (Å²) in [5.41, 5.74) is 11.8. The first-order chi connectivity index (χ1) is 17.8. The van der Waals surface area contributed by atoms with Crippen molar-refractivity contribution >= 4 is 11.0 Å². The minimum atomic E-state index is 0.391. The van der Waals surface area contributed by atoms with Gasteiger partial charge in [-0.25, -0.2) is 4.57 Å². The minimum Gasteiger partial charge on any atom is -0.229 e. The predicted molar refractivity (Wildman–Crippen MR) is 158 cm³/mol. The number of aryl methyl sites for hydroxylation is 1. The smallest absolute Gasteiger partial charge is 0.229 e. The van der Waals surface area contributed by atoms with Crippen LogP contribution < -0.4 is 4.57 Å². The second-order valence-electron chi connectivity index (χ2n) is 11.2. The van der Waals surface area contributed by atoms with Crippen LogP contribution in [0, 0.1) is 0 Å². The fourth-order valence-electron chi connectivity index (χ4n) is 5.69. The number of aromatic nitrogens is 2. The Morgan fingerprint density at radius 1 is 0.541 bits per heavy atom. The third-order valence-corrected chi connectivity index (χ3v) is 7.53. The topological polar surface area (TPSA) is 8.81 Å². The summed E-state index contributed by atoms with van der Waals surface area (Å²) in [6, 6.07) is 33.3. The number of imidazole rings is 1. The largest absolute Gasteiger partial charge is 0.265 e. The van der Waals surface area contributed by atoms with Crippen LogP contribution in [-0.4, -0.2) is 4.57 Å². The van der Waals surface area contributed by atoms with Gasteiger partial charge in [0.1, 0.15) is 5.69 Å². The highest BCUT2D eigenvalue weighted by atomic mass is 15.2. The van der Waals surface area contributed by atoms with Crippen LogP contribution in [0.2, 0.25) is 0 Å². The Bertz CT molecular complexity index is 1510. The molecule has 0 radical (unpaired) electrons. The first kappa shape index (κ1) is 25.0. The highest BCUT2D eigenvalue weighted by molar-refractivity contribution is 5.78. The summed E-state index contributed by atoms with van der Waals surface area (Å²) in [4.78, 5) is 0. The SMILES string of the molecule is CC(C)c1cc(-c2ccc(-c3ccccc3)cc2)cc(C(C)C)c1-n1c(C(C)C)[n+](C)c2ccccc21. The Kier molecular flexibility index (Phi) is 6.77. The molecular weight excluding hydrogens is 448 g/mol. The van der Waals surface area contributed by atoms with Crippen molar-refractivity contribution in [2.45, 2.75) is 59.3 Å². The van der Waals surface area contributed by atoms with Gasteiger partial charge in [-0.1, -0.05) is 108 Å². The van der Waals surface area contributed by atoms with Gasteiger partial charge < -0.3 is 0 Å². The molecule has 0 N–H and O–H groups in total. The van der Waals surface area contributed by atoms with Crippen LogP contribution in [0.1, 0.15) is 76.2 Å². The van der Waals surface area contributed by atoms with Crippen molar-refractivity contribution in [1.82, 2.24) is 4.57 Å². The first-order valence-electron chi connectivity index (χ1n) is 13.6. The third-order valence-electron chi connectivity index (χ3n) is 7.53. The number of fused-ring (bicyclic) bond motifs is 1. The fraction of sp³-hybridized carbons (Fsp3) is 0.286. The molecule has 0 fully saturated rings. The van der Waals surface area contributed by atoms with Crippen molar-refractivity contribution in [2.75, 3.05) is 0 Å². The molecule has 0 saturated heterocycles. The molecule has 5 aromatic rings. The highest BCUT2D eigenvalue weighted by Gasteiger charge is 2.31. The molecule has 1 aromatic heterocycles. The molecule has 0 aliphatic heterocycles. The standard InChI is InChI=1S/C35H39N2/c1-23(2)30-21-29(28-19-17-27(18-20-28)26-13-9-8-10-14-26)22-31(24(3)4)34(30)37-33-16-12-11-15-32(33)36(7)35(37)25(5)6/h8-25H,1-7H3/q+1. The van der Waals surface area contributed by atoms with Gasteiger partial charge in [0, 0.05) is 11.1 Å². The van der Waals surface area contributed by atoms with Crippen molar-refractivity contribution in [1.29, 1.82) is 0 Å². The van der Waals surface area contributed by atoms with Crippen LogP contribution in [0.3, 0.4) is 0 Å². The summed E-state index contributed by atoms with van der Waals surface area (Å²) in [6.45, 7) is 13.9. The molecule has 37 heavy (non-hydrogen) atoms. The van der Waals surface area contributed by atoms with E-state index in [1.165, 1.54) is 55.9 Å². The first-order valence-corrected chi connectivity index (χ1v) is 13.6. The normalized spacial score (nSPS) is 11.8. The van der Waals surface area contributed by atoms with Gasteiger partial charge in [-0.05, 0) is 58.4 Å². The lowest BCUT2D eigenvalue weighted by molar-refractivity contribution is -0.654. The van der Waals surface area contributed by atoms with Crippen molar-refractivity contribution in [3.63, 3.8) is 0 Å². The zero-order chi connectivity index (χ0) is 26.3. The molecule has 0 atom stereocenters. The summed E-state index contributed by atoms with van der Waals surface area (Å²) < 4.78 is 4.93. The molecule has 0 aliphatic carbocycles. The number of para-hydroxylation sites is 2. The van der Waals surface area contributed by atoms with E-state index in [0.717, 1.165) is 0 Å². The van der Waals surface area contributed by atoms with E-state index in [-0.39, 0.29) is 0 Å². The Morgan fingerprint density at radius 2 is 1.03 bits per heavy atom. The maximum absolute atomic E-state index is 2.55. The van der Waals surface area contributed by atoms with E-state index in [9.17, 15) is 0 Å². The van der Waals surface area contributed by atoms with Crippen molar-refractivity contribution in [3.05, 3.63) is 108 Å². The molecule has 0 bridgehead atoms. The molecule has 2 heteroatoms. The fourth-order valence-corrected chi connectivity index (χ4v) is 5.69. The van der Waals surface area contributed by atoms with E-state index >= 15 is 0 Å². The van der Waals surface area contributed by atoms with Gasteiger partial charge in [0.05, 0.1) is 13.0 Å². The molecule has 1 heterocycles. The molecule has 0 unspecified atom stereocenters. The Labute approximate surface area is 222 Å². The van der Waals surface area contributed by atoms with Crippen molar-refractivity contribution in [3.8, 4) is 27.9 Å². The van der Waals surface area contributed by atoms with Gasteiger partial charge in [-0.2, -0.15) is 4.57 Å². The Morgan fingerprint density at radius 3 is 1.57 bits per heavy atom. The van der Waals surface area contributed by atoms with Crippen LogP contribution in [0.15, 0.2) is 91.0 Å². The molecule has 2 nitrogen and oxygen atoms in total. The van der Waals surface area contributed by atoms with Crippen LogP contribution in [0.5, 0.6) is 0 Å². The zero-order valence-electron chi connectivity index (χ0n) is 23.3. The number of benzene rings is 4. The van der Waals surface area contributed by atoms with Crippen LogP contribution in [-0.2, 0) is 7.05 Å². The Balaban J connectivity index is 1.75. The van der Waals surface area contributed by atoms with E-state index in [2.05, 4.69) is 149 Å². The minimum absolute atomic E-state index is 0.391. The summed E-state index contributed by atoms with van der Waals surface area (Å²) in [7, 11) is 2.21. The molecule has 0 amide bonds. The highest BCUT2D eigenvalue weighted by Crippen LogP contribution is 2.39. The average Bonchev–Trinajstić information content (AvgIpc) is 3.20. The molecule has 0 saturated carbocycles. The number of hydrogen-bond donors (Lipinski definition) is 0. The molecule has 188 valence electrons. The van der Waals surface area contributed by atoms with E-state index in [1.807, 2.05) is 0 Å². The lowest BCUT2D eigenvalue weighted by Crippen LogP contribution is -2.34. The second-order valence-corrected chi connectivity index (χ2v) is 11.2. The average molecular weight is 488 g/mol. The van der Waals surface area contributed by atoms with Crippen LogP contribution in [0.25, 0.3) is 39.0 Å². The third kappa shape index (κ3) is 4.50. The maximum Gasteiger partial charge on any atom is 0.265 e. The lowest BCUT2D eigenvalue weighted by atomic mass is 9.87. The van der Waals surface area contributed by atoms with E-state index in [4.69, 9.17) is 0 Å².